The summed E-state index contributed by atoms with van der Waals surface area (Å²) < 4.78 is 15.3. The zero-order valence-corrected chi connectivity index (χ0v) is 19.0. The molecular weight excluding hydrogens is 438 g/mol. The largest absolute Gasteiger partial charge is 0.326 e. The minimum atomic E-state index is -0.353. The predicted molar refractivity (Wildman–Crippen MR) is 127 cm³/mol. The van der Waals surface area contributed by atoms with Crippen LogP contribution in [0.2, 0.25) is 5.02 Å². The fourth-order valence-corrected chi connectivity index (χ4v) is 3.19. The summed E-state index contributed by atoms with van der Waals surface area (Å²) in [6, 6.07) is 13.9. The highest BCUT2D eigenvalue weighted by Crippen LogP contribution is 2.20. The monoisotopic (exact) mass is 462 g/mol. The summed E-state index contributed by atoms with van der Waals surface area (Å²) in [7, 11) is 3.80. The van der Waals surface area contributed by atoms with Crippen LogP contribution in [-0.2, 0) is 19.6 Å². The lowest BCUT2D eigenvalue weighted by atomic mass is 10.1. The second kappa shape index (κ2) is 11.2. The van der Waals surface area contributed by atoms with E-state index >= 15 is 0 Å². The third-order valence-corrected chi connectivity index (χ3v) is 4.81. The van der Waals surface area contributed by atoms with Crippen molar-refractivity contribution in [2.24, 2.45) is 5.73 Å². The normalized spacial score (nSPS) is 11.2. The Morgan fingerprint density at radius 3 is 2.48 bits per heavy atom. The van der Waals surface area contributed by atoms with Crippen LogP contribution in [0.25, 0.3) is 17.3 Å². The number of hydrogen-bond donors (Lipinski definition) is 1. The molecule has 1 aromatic heterocycles. The van der Waals surface area contributed by atoms with E-state index in [1.165, 1.54) is 10.7 Å². The smallest absolute Gasteiger partial charge is 0.271 e. The maximum absolute atomic E-state index is 13.9. The molecule has 0 fully saturated rings. The Hall–Kier alpha value is -2.51. The zero-order chi connectivity index (χ0) is 21.7. The third-order valence-electron chi connectivity index (χ3n) is 4.56. The van der Waals surface area contributed by atoms with E-state index in [4.69, 9.17) is 17.3 Å². The van der Waals surface area contributed by atoms with Crippen molar-refractivity contribution in [3.63, 3.8) is 0 Å². The zero-order valence-electron chi connectivity index (χ0n) is 17.4. The molecule has 0 saturated heterocycles. The standard InChI is InChI=1S/C23H24ClFN4O.ClH/c1-28(2)15-19-13-22(17-7-10-21(25)18(12-17)14-26)27-29(23(19)30)11-3-4-16-5-8-20(24)9-6-16;/h3-10,12-13H,11,14-15,26H2,1-2H3;1H/b4-3+;. The van der Waals surface area contributed by atoms with E-state index in [2.05, 4.69) is 5.10 Å². The van der Waals surface area contributed by atoms with Crippen molar-refractivity contribution >= 4 is 30.1 Å². The molecule has 0 aliphatic rings. The summed E-state index contributed by atoms with van der Waals surface area (Å²) in [5, 5.41) is 5.18. The molecule has 0 atom stereocenters. The van der Waals surface area contributed by atoms with Crippen molar-refractivity contribution in [3.8, 4) is 11.3 Å². The minimum Gasteiger partial charge on any atom is -0.326 e. The molecule has 2 aromatic carbocycles. The number of allylic oxidation sites excluding steroid dienone is 1. The first-order chi connectivity index (χ1) is 14.4. The topological polar surface area (TPSA) is 64.2 Å². The second-order valence-corrected chi connectivity index (χ2v) is 7.68. The maximum Gasteiger partial charge on any atom is 0.271 e. The molecule has 31 heavy (non-hydrogen) atoms. The van der Waals surface area contributed by atoms with Gasteiger partial charge in [0, 0.05) is 34.8 Å². The Kier molecular flexibility index (Phi) is 8.95. The predicted octanol–water partition coefficient (Wildman–Crippen LogP) is 4.36. The molecule has 0 amide bonds. The molecule has 0 aliphatic carbocycles. The van der Waals surface area contributed by atoms with E-state index in [1.807, 2.05) is 55.4 Å². The number of aromatic nitrogens is 2. The van der Waals surface area contributed by atoms with Gasteiger partial charge in [-0.05, 0) is 56.1 Å². The highest BCUT2D eigenvalue weighted by atomic mass is 35.5. The highest BCUT2D eigenvalue weighted by molar-refractivity contribution is 6.30. The lowest BCUT2D eigenvalue weighted by Gasteiger charge is -2.13. The molecule has 8 heteroatoms. The van der Waals surface area contributed by atoms with Gasteiger partial charge in [0.15, 0.2) is 0 Å². The van der Waals surface area contributed by atoms with Crippen LogP contribution in [0.3, 0.4) is 0 Å². The van der Waals surface area contributed by atoms with Crippen molar-refractivity contribution in [3.05, 3.63) is 92.5 Å². The van der Waals surface area contributed by atoms with Gasteiger partial charge in [0.05, 0.1) is 12.2 Å². The maximum atomic E-state index is 13.9. The third kappa shape index (κ3) is 6.48. The van der Waals surface area contributed by atoms with Crippen molar-refractivity contribution in [2.75, 3.05) is 14.1 Å². The lowest BCUT2D eigenvalue weighted by Crippen LogP contribution is -2.29. The van der Waals surface area contributed by atoms with Gasteiger partial charge in [0.1, 0.15) is 5.82 Å². The lowest BCUT2D eigenvalue weighted by molar-refractivity contribution is 0.397. The summed E-state index contributed by atoms with van der Waals surface area (Å²) in [6.07, 6.45) is 3.78. The molecule has 2 N–H and O–H groups in total. The molecule has 0 bridgehead atoms. The molecule has 0 spiro atoms. The van der Waals surface area contributed by atoms with Crippen LogP contribution in [0.1, 0.15) is 16.7 Å². The number of nitrogens with two attached hydrogens (primary N) is 1. The van der Waals surface area contributed by atoms with E-state index in [1.54, 1.807) is 18.2 Å². The van der Waals surface area contributed by atoms with Gasteiger partial charge < -0.3 is 10.6 Å². The number of hydrogen-bond acceptors (Lipinski definition) is 4. The van der Waals surface area contributed by atoms with E-state index < -0.39 is 0 Å². The van der Waals surface area contributed by atoms with Crippen LogP contribution in [0.4, 0.5) is 4.39 Å². The Balaban J connectivity index is 0.00000341. The van der Waals surface area contributed by atoms with Crippen LogP contribution < -0.4 is 11.3 Å². The first-order valence-electron chi connectivity index (χ1n) is 9.54. The average molecular weight is 463 g/mol. The van der Waals surface area contributed by atoms with Gasteiger partial charge in [-0.1, -0.05) is 35.9 Å². The Bertz CT molecular complexity index is 1110. The second-order valence-electron chi connectivity index (χ2n) is 7.24. The van der Waals surface area contributed by atoms with Crippen LogP contribution in [0.15, 0.2) is 59.4 Å². The first-order valence-corrected chi connectivity index (χ1v) is 9.92. The van der Waals surface area contributed by atoms with Gasteiger partial charge in [0.2, 0.25) is 0 Å². The van der Waals surface area contributed by atoms with Gasteiger partial charge in [-0.3, -0.25) is 4.79 Å². The first kappa shape index (κ1) is 24.8. The molecule has 0 unspecified atom stereocenters. The highest BCUT2D eigenvalue weighted by Gasteiger charge is 2.12. The molecule has 0 aliphatic heterocycles. The summed E-state index contributed by atoms with van der Waals surface area (Å²) >= 11 is 5.91. The van der Waals surface area contributed by atoms with E-state index in [0.29, 0.717) is 40.5 Å². The number of benzene rings is 2. The fraction of sp³-hybridized carbons (Fsp3) is 0.217. The van der Waals surface area contributed by atoms with E-state index in [-0.39, 0.29) is 30.3 Å². The summed E-state index contributed by atoms with van der Waals surface area (Å²) in [4.78, 5) is 14.8. The Morgan fingerprint density at radius 2 is 1.84 bits per heavy atom. The van der Waals surface area contributed by atoms with E-state index in [0.717, 1.165) is 5.56 Å². The number of halogens is 3. The molecule has 3 rings (SSSR count). The summed E-state index contributed by atoms with van der Waals surface area (Å²) in [6.45, 7) is 0.870. The summed E-state index contributed by atoms with van der Waals surface area (Å²) in [5.41, 5.74) is 8.79. The SMILES string of the molecule is CN(C)Cc1cc(-c2ccc(F)c(CN)c2)nn(C/C=C/c2ccc(Cl)cc2)c1=O.Cl. The average Bonchev–Trinajstić information content (AvgIpc) is 2.72. The molecule has 0 radical (unpaired) electrons. The number of nitrogens with zero attached hydrogens (tertiary/aromatic N) is 3. The molecule has 1 heterocycles. The van der Waals surface area contributed by atoms with Gasteiger partial charge in [-0.15, -0.1) is 12.4 Å². The number of rotatable bonds is 7. The van der Waals surface area contributed by atoms with Gasteiger partial charge in [-0.2, -0.15) is 5.10 Å². The molecule has 164 valence electrons. The van der Waals surface area contributed by atoms with Crippen LogP contribution in [-0.4, -0.2) is 28.8 Å². The van der Waals surface area contributed by atoms with Crippen molar-refractivity contribution < 1.29 is 4.39 Å². The Morgan fingerprint density at radius 1 is 1.13 bits per heavy atom. The van der Waals surface area contributed by atoms with Crippen molar-refractivity contribution in [1.29, 1.82) is 0 Å². The van der Waals surface area contributed by atoms with Crippen molar-refractivity contribution in [1.82, 2.24) is 14.7 Å². The molecular formula is C23H25Cl2FN4O. The Labute approximate surface area is 192 Å². The van der Waals surface area contributed by atoms with E-state index in [9.17, 15) is 9.18 Å². The molecule has 0 saturated carbocycles. The van der Waals surface area contributed by atoms with Gasteiger partial charge in [0.25, 0.3) is 5.56 Å². The van der Waals surface area contributed by atoms with Crippen LogP contribution >= 0.6 is 24.0 Å². The van der Waals surface area contributed by atoms with Crippen LogP contribution in [0, 0.1) is 5.82 Å². The quantitative estimate of drug-likeness (QED) is 0.566. The van der Waals surface area contributed by atoms with Gasteiger partial charge >= 0.3 is 0 Å². The van der Waals surface area contributed by atoms with Crippen molar-refractivity contribution in [2.45, 2.75) is 19.6 Å². The van der Waals surface area contributed by atoms with Gasteiger partial charge in [-0.25, -0.2) is 9.07 Å². The summed E-state index contributed by atoms with van der Waals surface area (Å²) in [5.74, 6) is -0.353. The molecule has 3 aromatic rings. The fourth-order valence-electron chi connectivity index (χ4n) is 3.07. The van der Waals surface area contributed by atoms with Crippen LogP contribution in [0.5, 0.6) is 0 Å². The minimum absolute atomic E-state index is 0. The molecule has 5 nitrogen and oxygen atoms in total.